The Morgan fingerprint density at radius 3 is 2.31 bits per heavy atom. The van der Waals surface area contributed by atoms with Gasteiger partial charge in [0.1, 0.15) is 5.75 Å². The topological polar surface area (TPSA) is 95.7 Å². The van der Waals surface area contributed by atoms with Gasteiger partial charge >= 0.3 is 0 Å². The molecule has 1 N–H and O–H groups in total. The average molecular weight is 440 g/mol. The summed E-state index contributed by atoms with van der Waals surface area (Å²) in [5.74, 6) is 1.81. The van der Waals surface area contributed by atoms with Gasteiger partial charge in [0.15, 0.2) is 23.8 Å². The van der Waals surface area contributed by atoms with Crippen LogP contribution in [0.3, 0.4) is 0 Å². The van der Waals surface area contributed by atoms with Crippen LogP contribution in [0.4, 0.5) is 5.82 Å². The Kier molecular flexibility index (Phi) is 8.08. The van der Waals surface area contributed by atoms with Crippen LogP contribution in [0.15, 0.2) is 41.0 Å². The zero-order valence-corrected chi connectivity index (χ0v) is 18.9. The average Bonchev–Trinajstić information content (AvgIpc) is 3.24. The molecule has 0 radical (unpaired) electrons. The highest BCUT2D eigenvalue weighted by Gasteiger charge is 2.18. The molecule has 32 heavy (non-hydrogen) atoms. The Bertz CT molecular complexity index is 1030. The molecule has 0 spiro atoms. The molecule has 1 aromatic heterocycles. The number of anilines is 1. The van der Waals surface area contributed by atoms with Crippen molar-refractivity contribution in [1.29, 1.82) is 0 Å². The minimum Gasteiger partial charge on any atom is -0.490 e. The van der Waals surface area contributed by atoms with Gasteiger partial charge in [0.25, 0.3) is 5.91 Å². The standard InChI is InChI=1S/C24H29N3O5/c1-5-12-29-19-11-10-18(14-20(19)30-13-6-2)22-24(27-32-26-22)25-21(28)15-31-23-16(3)8-7-9-17(23)4/h7-11,14H,5-6,12-13,15H2,1-4H3,(H,25,27,28). The SMILES string of the molecule is CCCOc1ccc(-c2nonc2NC(=O)COc2c(C)cccc2C)cc1OCCC. The van der Waals surface area contributed by atoms with E-state index in [1.807, 2.05) is 64.1 Å². The van der Waals surface area contributed by atoms with Crippen molar-refractivity contribution >= 4 is 11.7 Å². The molecule has 0 fully saturated rings. The third-order valence-electron chi connectivity index (χ3n) is 4.64. The number of aromatic nitrogens is 2. The van der Waals surface area contributed by atoms with Crippen molar-refractivity contribution in [2.45, 2.75) is 40.5 Å². The lowest BCUT2D eigenvalue weighted by molar-refractivity contribution is -0.118. The largest absolute Gasteiger partial charge is 0.490 e. The third kappa shape index (κ3) is 5.78. The Labute approximate surface area is 187 Å². The number of para-hydroxylation sites is 1. The summed E-state index contributed by atoms with van der Waals surface area (Å²) in [4.78, 5) is 12.5. The quantitative estimate of drug-likeness (QED) is 0.452. The number of carbonyl (C=O) groups excluding carboxylic acids is 1. The van der Waals surface area contributed by atoms with E-state index in [4.69, 9.17) is 18.8 Å². The highest BCUT2D eigenvalue weighted by atomic mass is 16.6. The predicted octanol–water partition coefficient (Wildman–Crippen LogP) is 4.95. The Balaban J connectivity index is 1.73. The van der Waals surface area contributed by atoms with Gasteiger partial charge in [0, 0.05) is 5.56 Å². The van der Waals surface area contributed by atoms with Gasteiger partial charge in [0.2, 0.25) is 5.82 Å². The van der Waals surface area contributed by atoms with E-state index in [1.165, 1.54) is 0 Å². The van der Waals surface area contributed by atoms with Gasteiger partial charge < -0.3 is 19.5 Å². The van der Waals surface area contributed by atoms with E-state index in [-0.39, 0.29) is 18.3 Å². The first-order valence-electron chi connectivity index (χ1n) is 10.7. The number of hydrogen-bond acceptors (Lipinski definition) is 7. The summed E-state index contributed by atoms with van der Waals surface area (Å²) in [5, 5.41) is 10.5. The van der Waals surface area contributed by atoms with Gasteiger partial charge in [-0.3, -0.25) is 4.79 Å². The summed E-state index contributed by atoms with van der Waals surface area (Å²) in [6.07, 6.45) is 1.76. The number of nitrogens with one attached hydrogen (secondary N) is 1. The minimum atomic E-state index is -0.366. The third-order valence-corrected chi connectivity index (χ3v) is 4.64. The predicted molar refractivity (Wildman–Crippen MR) is 121 cm³/mol. The maximum absolute atomic E-state index is 12.5. The Morgan fingerprint density at radius 2 is 1.62 bits per heavy atom. The van der Waals surface area contributed by atoms with Crippen molar-refractivity contribution in [1.82, 2.24) is 10.3 Å². The minimum absolute atomic E-state index is 0.160. The second-order valence-corrected chi connectivity index (χ2v) is 7.38. The van der Waals surface area contributed by atoms with E-state index in [2.05, 4.69) is 15.6 Å². The van der Waals surface area contributed by atoms with Gasteiger partial charge in [-0.1, -0.05) is 32.0 Å². The lowest BCUT2D eigenvalue weighted by Crippen LogP contribution is -2.21. The first-order chi connectivity index (χ1) is 15.5. The number of benzene rings is 2. The van der Waals surface area contributed by atoms with E-state index in [0.29, 0.717) is 41.7 Å². The molecule has 0 unspecified atom stereocenters. The zero-order chi connectivity index (χ0) is 22.9. The van der Waals surface area contributed by atoms with Crippen LogP contribution in [-0.2, 0) is 4.79 Å². The molecule has 0 atom stereocenters. The molecule has 0 bridgehead atoms. The summed E-state index contributed by atoms with van der Waals surface area (Å²) in [5.41, 5.74) is 3.01. The summed E-state index contributed by atoms with van der Waals surface area (Å²) in [6.45, 7) is 8.94. The number of carbonyl (C=O) groups is 1. The van der Waals surface area contributed by atoms with Crippen molar-refractivity contribution in [2.75, 3.05) is 25.1 Å². The maximum Gasteiger partial charge on any atom is 0.263 e. The monoisotopic (exact) mass is 439 g/mol. The Hall–Kier alpha value is -3.55. The smallest absolute Gasteiger partial charge is 0.263 e. The van der Waals surface area contributed by atoms with E-state index >= 15 is 0 Å². The lowest BCUT2D eigenvalue weighted by Gasteiger charge is -2.13. The molecule has 0 saturated carbocycles. The first kappa shape index (κ1) is 23.1. The van der Waals surface area contributed by atoms with Crippen molar-refractivity contribution < 1.29 is 23.6 Å². The van der Waals surface area contributed by atoms with Crippen LogP contribution in [0.25, 0.3) is 11.3 Å². The fourth-order valence-corrected chi connectivity index (χ4v) is 3.10. The van der Waals surface area contributed by atoms with E-state index in [0.717, 1.165) is 24.0 Å². The summed E-state index contributed by atoms with van der Waals surface area (Å²) in [7, 11) is 0. The van der Waals surface area contributed by atoms with Gasteiger partial charge in [-0.15, -0.1) is 0 Å². The van der Waals surface area contributed by atoms with Crippen LogP contribution < -0.4 is 19.5 Å². The molecule has 3 rings (SSSR count). The summed E-state index contributed by atoms with van der Waals surface area (Å²) < 4.78 is 22.2. The van der Waals surface area contributed by atoms with Crippen LogP contribution in [0.2, 0.25) is 0 Å². The van der Waals surface area contributed by atoms with Gasteiger partial charge in [-0.2, -0.15) is 0 Å². The van der Waals surface area contributed by atoms with Crippen molar-refractivity contribution in [3.8, 4) is 28.5 Å². The molecule has 170 valence electrons. The number of nitrogens with zero attached hydrogens (tertiary/aromatic N) is 2. The molecular formula is C24H29N3O5. The molecule has 0 aliphatic rings. The molecule has 0 aliphatic carbocycles. The summed E-state index contributed by atoms with van der Waals surface area (Å²) in [6, 6.07) is 11.3. The number of hydrogen-bond donors (Lipinski definition) is 1. The zero-order valence-electron chi connectivity index (χ0n) is 18.9. The van der Waals surface area contributed by atoms with Crippen LogP contribution in [0, 0.1) is 13.8 Å². The number of rotatable bonds is 11. The second-order valence-electron chi connectivity index (χ2n) is 7.38. The fourth-order valence-electron chi connectivity index (χ4n) is 3.10. The highest BCUT2D eigenvalue weighted by molar-refractivity contribution is 5.94. The normalized spacial score (nSPS) is 10.6. The molecule has 1 heterocycles. The highest BCUT2D eigenvalue weighted by Crippen LogP contribution is 2.34. The van der Waals surface area contributed by atoms with Crippen molar-refractivity contribution in [2.24, 2.45) is 0 Å². The molecule has 2 aromatic carbocycles. The number of ether oxygens (including phenoxy) is 3. The van der Waals surface area contributed by atoms with E-state index in [1.54, 1.807) is 0 Å². The van der Waals surface area contributed by atoms with Crippen LogP contribution >= 0.6 is 0 Å². The van der Waals surface area contributed by atoms with Gasteiger partial charge in [0.05, 0.1) is 13.2 Å². The maximum atomic E-state index is 12.5. The van der Waals surface area contributed by atoms with E-state index < -0.39 is 0 Å². The Morgan fingerprint density at radius 1 is 0.938 bits per heavy atom. The van der Waals surface area contributed by atoms with Crippen molar-refractivity contribution in [3.05, 3.63) is 47.5 Å². The molecule has 0 saturated heterocycles. The fraction of sp³-hybridized carbons (Fsp3) is 0.375. The number of aryl methyl sites for hydroxylation is 2. The number of amides is 1. The first-order valence-corrected chi connectivity index (χ1v) is 10.7. The molecule has 0 aliphatic heterocycles. The molecule has 8 nitrogen and oxygen atoms in total. The second kappa shape index (κ2) is 11.2. The van der Waals surface area contributed by atoms with Crippen LogP contribution in [-0.4, -0.2) is 36.0 Å². The lowest BCUT2D eigenvalue weighted by atomic mass is 10.1. The van der Waals surface area contributed by atoms with Crippen molar-refractivity contribution in [3.63, 3.8) is 0 Å². The van der Waals surface area contributed by atoms with Crippen LogP contribution in [0.5, 0.6) is 17.2 Å². The molecule has 3 aromatic rings. The van der Waals surface area contributed by atoms with Crippen LogP contribution in [0.1, 0.15) is 37.8 Å². The van der Waals surface area contributed by atoms with Gasteiger partial charge in [-0.25, -0.2) is 4.63 Å². The molecule has 1 amide bonds. The molecular weight excluding hydrogens is 410 g/mol. The van der Waals surface area contributed by atoms with E-state index in [9.17, 15) is 4.79 Å². The van der Waals surface area contributed by atoms with Gasteiger partial charge in [-0.05, 0) is 66.3 Å². The summed E-state index contributed by atoms with van der Waals surface area (Å²) >= 11 is 0. The molecule has 8 heteroatoms.